The van der Waals surface area contributed by atoms with E-state index in [4.69, 9.17) is 28.9 Å². The smallest absolute Gasteiger partial charge is 0.337 e. The minimum Gasteiger partial charge on any atom is -0.494 e. The molecule has 7 fully saturated rings. The quantitative estimate of drug-likeness (QED) is 0.0235. The van der Waals surface area contributed by atoms with Crippen molar-refractivity contribution in [1.29, 1.82) is 5.26 Å². The SMILES string of the molecule is CC=Cc1ccc(OCCCN2CCCCC2C)cc1.COC(=O)c1ccc(OCCCN2CCCCC2)cc1.C[C@@H]1C[C@H](C)CN(CCCOc2ccc(C(=O)C3CC3)cc2)C1.C[C@H]1C[C@H](C)CN(CCCOc2ccc(C#N)cc2)C1.C[C@H]1C[C@H](C)CN(CCCOc2ccc(C(=O)C3CC3)cc2)C1. The number of hydrogen-bond donors (Lipinski definition) is 0. The van der Waals surface area contributed by atoms with Gasteiger partial charge in [0.25, 0.3) is 0 Å². The average Bonchev–Trinajstić information content (AvgIpc) is 1.70. The number of piperidine rings is 5. The summed E-state index contributed by atoms with van der Waals surface area (Å²) >= 11 is 0. The van der Waals surface area contributed by atoms with Gasteiger partial charge >= 0.3 is 5.97 Å². The van der Waals surface area contributed by atoms with Crippen LogP contribution in [0.1, 0.15) is 213 Å². The van der Waals surface area contributed by atoms with E-state index < -0.39 is 0 Å². The molecule has 5 aliphatic heterocycles. The first-order chi connectivity index (χ1) is 51.5. The molecule has 7 aliphatic rings. The molecule has 15 heteroatoms. The number of hydrogen-bond acceptors (Lipinski definition) is 15. The van der Waals surface area contributed by atoms with Crippen LogP contribution in [0.2, 0.25) is 0 Å². The van der Waals surface area contributed by atoms with Crippen LogP contribution in [-0.2, 0) is 4.74 Å². The van der Waals surface area contributed by atoms with Gasteiger partial charge < -0.3 is 52.9 Å². The molecular formula is C91H132N6O9. The Hall–Kier alpha value is -7.06. The third-order valence-corrected chi connectivity index (χ3v) is 21.3. The summed E-state index contributed by atoms with van der Waals surface area (Å²) in [5.74, 6) is 10.1. The predicted molar refractivity (Wildman–Crippen MR) is 431 cm³/mol. The molecule has 1 unspecified atom stereocenters. The summed E-state index contributed by atoms with van der Waals surface area (Å²) in [6.45, 7) is 38.9. The Balaban J connectivity index is 0.000000168. The van der Waals surface area contributed by atoms with E-state index in [-0.39, 0.29) is 17.8 Å². The summed E-state index contributed by atoms with van der Waals surface area (Å²) in [6.07, 6.45) is 25.9. The lowest BCUT2D eigenvalue weighted by Crippen LogP contribution is -2.39. The normalized spacial score (nSPS) is 22.2. The van der Waals surface area contributed by atoms with Gasteiger partial charge in [-0.3, -0.25) is 9.59 Å². The lowest BCUT2D eigenvalue weighted by Gasteiger charge is -2.34. The van der Waals surface area contributed by atoms with Gasteiger partial charge in [0.05, 0.1) is 57.3 Å². The summed E-state index contributed by atoms with van der Waals surface area (Å²) in [4.78, 5) is 48.0. The molecule has 15 nitrogen and oxygen atoms in total. The maximum absolute atomic E-state index is 12.0. The number of esters is 1. The number of carbonyl (C=O) groups is 3. The highest BCUT2D eigenvalue weighted by Crippen LogP contribution is 2.34. The molecule has 12 rings (SSSR count). The number of nitriles is 1. The van der Waals surface area contributed by atoms with Crippen LogP contribution >= 0.6 is 0 Å². The van der Waals surface area contributed by atoms with Crippen molar-refractivity contribution < 1.29 is 42.8 Å². The largest absolute Gasteiger partial charge is 0.494 e. The number of rotatable bonds is 31. The summed E-state index contributed by atoms with van der Waals surface area (Å²) in [5.41, 5.74) is 4.11. The third kappa shape index (κ3) is 32.4. The molecule has 0 aromatic heterocycles. The first-order valence-electron chi connectivity index (χ1n) is 41.0. The fourth-order valence-electron chi connectivity index (χ4n) is 15.9. The van der Waals surface area contributed by atoms with E-state index in [1.807, 2.05) is 79.7 Å². The van der Waals surface area contributed by atoms with E-state index in [1.165, 1.54) is 129 Å². The summed E-state index contributed by atoms with van der Waals surface area (Å²) < 4.78 is 33.5. The molecule has 5 aromatic carbocycles. The van der Waals surface area contributed by atoms with Crippen LogP contribution in [0.25, 0.3) is 6.08 Å². The minimum absolute atomic E-state index is 0.288. The standard InChI is InChI=1S/2C20H29NO2.C18H27NO.C17H24N2O.C16H23NO3/c2*1-15-12-16(2)14-21(13-15)10-3-11-23-19-8-6-18(7-9-19)20(22)17-4-5-17;1-3-7-17-9-11-18(12-10-17)20-15-6-14-19-13-5-4-8-16(19)2;1-14-10-15(2)13-19(12-14)8-3-9-20-17-6-4-16(11-18)5-7-17;1-19-16(18)14-6-8-15(9-7-14)20-13-5-12-17-10-3-2-4-11-17/h2*6-9,15-17H,3-5,10-14H2,1-2H3;3,7,9-12,16H,4-6,8,13-15H2,1-2H3;4-7,14-15H,3,8-10,12-13H2,1-2H3;6-9H,2-5,10-13H2,1H3/t15-,16+;15-,16-;;14-,15-;/m.0.0./s1. The zero-order valence-electron chi connectivity index (χ0n) is 66.4. The van der Waals surface area contributed by atoms with Gasteiger partial charge in [0.2, 0.25) is 0 Å². The van der Waals surface area contributed by atoms with Crippen molar-refractivity contribution >= 4 is 23.6 Å². The van der Waals surface area contributed by atoms with E-state index in [1.54, 1.807) is 24.3 Å². The van der Waals surface area contributed by atoms with Gasteiger partial charge in [-0.1, -0.05) is 78.7 Å². The molecule has 0 spiro atoms. The highest BCUT2D eigenvalue weighted by molar-refractivity contribution is 6.00. The highest BCUT2D eigenvalue weighted by Gasteiger charge is 2.32. The van der Waals surface area contributed by atoms with Crippen LogP contribution in [0, 0.1) is 58.7 Å². The first-order valence-corrected chi connectivity index (χ1v) is 41.0. The fraction of sp³-hybridized carbons (Fsp3) is 0.604. The van der Waals surface area contributed by atoms with Gasteiger partial charge in [-0.15, -0.1) is 0 Å². The molecule has 580 valence electrons. The van der Waals surface area contributed by atoms with Crippen LogP contribution in [0.5, 0.6) is 28.7 Å². The van der Waals surface area contributed by atoms with Crippen molar-refractivity contribution in [2.45, 2.75) is 177 Å². The van der Waals surface area contributed by atoms with Gasteiger partial charge in [0.15, 0.2) is 11.6 Å². The van der Waals surface area contributed by atoms with Crippen molar-refractivity contribution in [2.75, 3.05) is 132 Å². The number of methoxy groups -OCH3 is 1. The first kappa shape index (κ1) is 84.6. The molecule has 0 bridgehead atoms. The fourth-order valence-corrected chi connectivity index (χ4v) is 15.9. The van der Waals surface area contributed by atoms with Gasteiger partial charge in [0.1, 0.15) is 28.7 Å². The van der Waals surface area contributed by atoms with Crippen LogP contribution in [0.3, 0.4) is 0 Å². The zero-order chi connectivity index (χ0) is 75.3. The number of benzene rings is 5. The Morgan fingerprint density at radius 3 is 1.08 bits per heavy atom. The molecule has 0 N–H and O–H groups in total. The number of ether oxygens (including phenoxy) is 6. The minimum atomic E-state index is -0.318. The second-order valence-corrected chi connectivity index (χ2v) is 32.0. The summed E-state index contributed by atoms with van der Waals surface area (Å²) in [6, 6.07) is 40.9. The van der Waals surface area contributed by atoms with Crippen LogP contribution in [0.4, 0.5) is 0 Å². The van der Waals surface area contributed by atoms with E-state index in [9.17, 15) is 14.4 Å². The van der Waals surface area contributed by atoms with Crippen molar-refractivity contribution in [3.8, 4) is 34.8 Å². The average molecular weight is 1450 g/mol. The van der Waals surface area contributed by atoms with E-state index in [0.717, 1.165) is 198 Å². The van der Waals surface area contributed by atoms with Crippen molar-refractivity contribution in [1.82, 2.24) is 24.5 Å². The van der Waals surface area contributed by atoms with Gasteiger partial charge in [-0.2, -0.15) is 5.26 Å². The van der Waals surface area contributed by atoms with E-state index in [0.29, 0.717) is 29.3 Å². The van der Waals surface area contributed by atoms with Crippen LogP contribution in [0.15, 0.2) is 127 Å². The molecule has 106 heavy (non-hydrogen) atoms. The Bertz CT molecular complexity index is 3220. The highest BCUT2D eigenvalue weighted by atomic mass is 16.5. The van der Waals surface area contributed by atoms with E-state index in [2.05, 4.69) is 120 Å². The predicted octanol–water partition coefficient (Wildman–Crippen LogP) is 18.4. The van der Waals surface area contributed by atoms with Crippen molar-refractivity contribution in [3.05, 3.63) is 155 Å². The second-order valence-electron chi connectivity index (χ2n) is 32.0. The molecule has 5 aromatic rings. The maximum atomic E-state index is 12.0. The number of allylic oxidation sites excluding steroid dienone is 1. The molecule has 7 atom stereocenters. The Labute approximate surface area is 639 Å². The molecule has 0 radical (unpaired) electrons. The van der Waals surface area contributed by atoms with Crippen molar-refractivity contribution in [3.63, 3.8) is 0 Å². The number of likely N-dealkylation sites (tertiary alicyclic amines) is 5. The van der Waals surface area contributed by atoms with Crippen LogP contribution < -0.4 is 23.7 Å². The molecule has 0 amide bonds. The topological polar surface area (TPSA) is 147 Å². The van der Waals surface area contributed by atoms with Gasteiger partial charge in [-0.25, -0.2) is 4.79 Å². The van der Waals surface area contributed by atoms with Gasteiger partial charge in [-0.05, 0) is 286 Å². The molecule has 5 saturated heterocycles. The third-order valence-electron chi connectivity index (χ3n) is 21.3. The zero-order valence-corrected chi connectivity index (χ0v) is 66.4. The Morgan fingerprint density at radius 1 is 0.406 bits per heavy atom. The Kier molecular flexibility index (Phi) is 37.5. The molecule has 5 heterocycles. The van der Waals surface area contributed by atoms with Crippen LogP contribution in [-0.4, -0.2) is 180 Å². The summed E-state index contributed by atoms with van der Waals surface area (Å²) in [5, 5.41) is 8.73. The number of ketones is 2. The molecule has 2 aliphatic carbocycles. The van der Waals surface area contributed by atoms with Crippen molar-refractivity contribution in [2.24, 2.45) is 47.3 Å². The number of carbonyl (C=O) groups excluding carboxylic acids is 3. The summed E-state index contributed by atoms with van der Waals surface area (Å²) in [7, 11) is 1.38. The second kappa shape index (κ2) is 47.0. The lowest BCUT2D eigenvalue weighted by molar-refractivity contribution is 0.0600. The monoisotopic (exact) mass is 1450 g/mol. The van der Waals surface area contributed by atoms with E-state index >= 15 is 0 Å². The molecular weight excluding hydrogens is 1320 g/mol. The molecule has 2 saturated carbocycles. The Morgan fingerprint density at radius 2 is 0.736 bits per heavy atom. The number of Topliss-reactive ketones (excluding diaryl/α,β-unsaturated/α-hetero) is 2. The van der Waals surface area contributed by atoms with Gasteiger partial charge in [0, 0.05) is 101 Å². The maximum Gasteiger partial charge on any atom is 0.337 e. The number of nitrogens with zero attached hydrogens (tertiary/aromatic N) is 6. The lowest BCUT2D eigenvalue weighted by atomic mass is 9.92.